The van der Waals surface area contributed by atoms with Crippen molar-refractivity contribution >= 4 is 10.8 Å². The van der Waals surface area contributed by atoms with E-state index >= 15 is 0 Å². The molecule has 1 heterocycles. The lowest BCUT2D eigenvalue weighted by Gasteiger charge is -2.37. The van der Waals surface area contributed by atoms with E-state index in [4.69, 9.17) is 4.74 Å². The third kappa shape index (κ3) is 4.67. The van der Waals surface area contributed by atoms with Crippen molar-refractivity contribution < 1.29 is 4.74 Å². The Morgan fingerprint density at radius 3 is 2.65 bits per heavy atom. The molecule has 1 aliphatic rings. The number of H-pyrrole nitrogens is 1. The molecule has 4 nitrogen and oxygen atoms in total. The summed E-state index contributed by atoms with van der Waals surface area (Å²) in [5, 5.41) is 1.65. The molecule has 1 saturated carbocycles. The van der Waals surface area contributed by atoms with Crippen molar-refractivity contribution in [3.63, 3.8) is 0 Å². The Bertz CT molecular complexity index is 760. The summed E-state index contributed by atoms with van der Waals surface area (Å²) in [4.78, 5) is 17.2. The molecule has 26 heavy (non-hydrogen) atoms. The van der Waals surface area contributed by atoms with Crippen LogP contribution in [0.15, 0.2) is 35.3 Å². The molecule has 4 heteroatoms. The van der Waals surface area contributed by atoms with Gasteiger partial charge >= 0.3 is 0 Å². The summed E-state index contributed by atoms with van der Waals surface area (Å²) in [5.74, 6) is 1.59. The Morgan fingerprint density at radius 1 is 1.19 bits per heavy atom. The maximum atomic E-state index is 11.8. The largest absolute Gasteiger partial charge is 0.490 e. The molecule has 142 valence electrons. The average Bonchev–Trinajstić information content (AvgIpc) is 2.62. The third-order valence-corrected chi connectivity index (χ3v) is 5.32. The van der Waals surface area contributed by atoms with E-state index in [2.05, 4.69) is 30.7 Å². The molecule has 1 N–H and O–H groups in total. The molecular weight excluding hydrogens is 324 g/mol. The van der Waals surface area contributed by atoms with Gasteiger partial charge in [0.2, 0.25) is 0 Å². The number of nitrogens with zero attached hydrogens (tertiary/aromatic N) is 1. The Labute approximate surface area is 156 Å². The zero-order valence-electron chi connectivity index (χ0n) is 16.3. The highest BCUT2D eigenvalue weighted by Gasteiger charge is 2.26. The fourth-order valence-corrected chi connectivity index (χ4v) is 4.14. The fourth-order valence-electron chi connectivity index (χ4n) is 4.14. The monoisotopic (exact) mass is 356 g/mol. The summed E-state index contributed by atoms with van der Waals surface area (Å²) >= 11 is 0. The summed E-state index contributed by atoms with van der Waals surface area (Å²) in [6, 6.07) is 8.40. The summed E-state index contributed by atoms with van der Waals surface area (Å²) in [6.07, 6.45) is 7.84. The number of benzene rings is 1. The summed E-state index contributed by atoms with van der Waals surface area (Å²) < 4.78 is 6.24. The van der Waals surface area contributed by atoms with Crippen LogP contribution in [0.5, 0.6) is 5.75 Å². The lowest BCUT2D eigenvalue weighted by molar-refractivity contribution is 0.0813. The van der Waals surface area contributed by atoms with Crippen LogP contribution in [0.2, 0.25) is 0 Å². The van der Waals surface area contributed by atoms with Crippen molar-refractivity contribution in [1.82, 2.24) is 9.88 Å². The molecule has 0 amide bonds. The standard InChI is InChI=1S/C22H32N2O2/c1-4-13-24(15-16(2)3)18-5-7-19(8-6-18)26-20-9-10-21-17(14-20)11-12-23-22(21)25/h9-12,14,16,18-19H,4-8,13,15H2,1-3H3,(H,23,25)/t18-,19-. The van der Waals surface area contributed by atoms with Gasteiger partial charge in [0, 0.05) is 24.2 Å². The van der Waals surface area contributed by atoms with E-state index in [-0.39, 0.29) is 11.7 Å². The molecule has 0 aliphatic heterocycles. The van der Waals surface area contributed by atoms with E-state index in [1.807, 2.05) is 24.3 Å². The van der Waals surface area contributed by atoms with Crippen LogP contribution in [0.3, 0.4) is 0 Å². The van der Waals surface area contributed by atoms with Gasteiger partial charge in [0.25, 0.3) is 5.56 Å². The molecule has 1 aliphatic carbocycles. The summed E-state index contributed by atoms with van der Waals surface area (Å²) in [6.45, 7) is 9.29. The summed E-state index contributed by atoms with van der Waals surface area (Å²) in [7, 11) is 0. The molecule has 0 spiro atoms. The zero-order chi connectivity index (χ0) is 18.5. The minimum absolute atomic E-state index is 0.0456. The number of hydrogen-bond acceptors (Lipinski definition) is 3. The summed E-state index contributed by atoms with van der Waals surface area (Å²) in [5.41, 5.74) is -0.0456. The highest BCUT2D eigenvalue weighted by atomic mass is 16.5. The number of rotatable bonds is 7. The van der Waals surface area contributed by atoms with Crippen molar-refractivity contribution in [2.24, 2.45) is 5.92 Å². The van der Waals surface area contributed by atoms with Crippen LogP contribution in [0.25, 0.3) is 10.8 Å². The Kier molecular flexibility index (Phi) is 6.36. The smallest absolute Gasteiger partial charge is 0.255 e. The molecule has 1 aromatic carbocycles. The highest BCUT2D eigenvalue weighted by Crippen LogP contribution is 2.28. The molecular formula is C22H32N2O2. The number of hydrogen-bond donors (Lipinski definition) is 1. The first kappa shape index (κ1) is 19.0. The molecule has 0 saturated heterocycles. The van der Waals surface area contributed by atoms with Gasteiger partial charge in [0.15, 0.2) is 0 Å². The van der Waals surface area contributed by atoms with Crippen molar-refractivity contribution in [1.29, 1.82) is 0 Å². The van der Waals surface area contributed by atoms with E-state index < -0.39 is 0 Å². The minimum atomic E-state index is -0.0456. The first-order chi connectivity index (χ1) is 12.6. The third-order valence-electron chi connectivity index (χ3n) is 5.32. The van der Waals surface area contributed by atoms with E-state index in [0.29, 0.717) is 11.4 Å². The van der Waals surface area contributed by atoms with E-state index in [9.17, 15) is 4.79 Å². The second-order valence-electron chi connectivity index (χ2n) is 7.99. The van der Waals surface area contributed by atoms with Crippen LogP contribution in [0, 0.1) is 5.92 Å². The Morgan fingerprint density at radius 2 is 1.96 bits per heavy atom. The van der Waals surface area contributed by atoms with Gasteiger partial charge in [-0.3, -0.25) is 4.79 Å². The molecule has 0 radical (unpaired) electrons. The first-order valence-electron chi connectivity index (χ1n) is 10.1. The van der Waals surface area contributed by atoms with Crippen LogP contribution in [0.1, 0.15) is 52.9 Å². The van der Waals surface area contributed by atoms with Gasteiger partial charge in [-0.15, -0.1) is 0 Å². The molecule has 0 bridgehead atoms. The Hall–Kier alpha value is -1.81. The maximum Gasteiger partial charge on any atom is 0.255 e. The van der Waals surface area contributed by atoms with Crippen LogP contribution in [-0.4, -0.2) is 35.1 Å². The first-order valence-corrected chi connectivity index (χ1v) is 10.1. The number of ether oxygens (including phenoxy) is 1. The van der Waals surface area contributed by atoms with Gasteiger partial charge in [-0.1, -0.05) is 20.8 Å². The van der Waals surface area contributed by atoms with E-state index in [1.165, 1.54) is 32.4 Å². The number of fused-ring (bicyclic) bond motifs is 1. The fraction of sp³-hybridized carbons (Fsp3) is 0.591. The zero-order valence-corrected chi connectivity index (χ0v) is 16.3. The van der Waals surface area contributed by atoms with Crippen LogP contribution in [-0.2, 0) is 0 Å². The van der Waals surface area contributed by atoms with Crippen molar-refractivity contribution in [3.05, 3.63) is 40.8 Å². The predicted molar refractivity (Wildman–Crippen MR) is 108 cm³/mol. The van der Waals surface area contributed by atoms with E-state index in [0.717, 1.165) is 29.9 Å². The van der Waals surface area contributed by atoms with Gasteiger partial charge in [-0.2, -0.15) is 0 Å². The number of aromatic nitrogens is 1. The lowest BCUT2D eigenvalue weighted by Crippen LogP contribution is -2.42. The Balaban J connectivity index is 1.59. The molecule has 1 fully saturated rings. The van der Waals surface area contributed by atoms with Gasteiger partial charge in [0.1, 0.15) is 5.75 Å². The molecule has 0 unspecified atom stereocenters. The minimum Gasteiger partial charge on any atom is -0.490 e. The molecule has 2 aromatic rings. The van der Waals surface area contributed by atoms with Gasteiger partial charge in [-0.25, -0.2) is 0 Å². The molecule has 0 atom stereocenters. The second kappa shape index (κ2) is 8.72. The van der Waals surface area contributed by atoms with Gasteiger partial charge in [0.05, 0.1) is 6.10 Å². The van der Waals surface area contributed by atoms with Crippen molar-refractivity contribution in [2.75, 3.05) is 13.1 Å². The SMILES string of the molecule is CCCN(CC(C)C)[C@H]1CC[C@H](Oc2ccc3c(=O)[nH]ccc3c2)CC1. The van der Waals surface area contributed by atoms with Gasteiger partial charge < -0.3 is 14.6 Å². The number of pyridine rings is 1. The normalized spacial score (nSPS) is 20.8. The van der Waals surface area contributed by atoms with Crippen LogP contribution < -0.4 is 10.3 Å². The van der Waals surface area contributed by atoms with E-state index in [1.54, 1.807) is 6.20 Å². The number of aromatic amines is 1. The predicted octanol–water partition coefficient (Wildman–Crippen LogP) is 4.59. The highest BCUT2D eigenvalue weighted by molar-refractivity contribution is 5.82. The topological polar surface area (TPSA) is 45.3 Å². The van der Waals surface area contributed by atoms with Crippen LogP contribution in [0.4, 0.5) is 0 Å². The van der Waals surface area contributed by atoms with Crippen molar-refractivity contribution in [3.8, 4) is 5.75 Å². The van der Waals surface area contributed by atoms with Crippen molar-refractivity contribution in [2.45, 2.75) is 65.0 Å². The molecule has 3 rings (SSSR count). The maximum absolute atomic E-state index is 11.8. The lowest BCUT2D eigenvalue weighted by atomic mass is 9.91. The second-order valence-corrected chi connectivity index (χ2v) is 7.99. The van der Waals surface area contributed by atoms with Crippen LogP contribution >= 0.6 is 0 Å². The average molecular weight is 357 g/mol. The molecule has 1 aromatic heterocycles. The van der Waals surface area contributed by atoms with Gasteiger partial charge in [-0.05, 0) is 74.2 Å². The quantitative estimate of drug-likeness (QED) is 0.789. The number of nitrogens with one attached hydrogen (secondary N) is 1.